The second-order valence-corrected chi connectivity index (χ2v) is 5.68. The Morgan fingerprint density at radius 1 is 0.720 bits per heavy atom. The predicted molar refractivity (Wildman–Crippen MR) is 101 cm³/mol. The molecule has 2 N–H and O–H groups in total. The standard InChI is InChI=1S/C20H16ClN3O/c21-17-13-11-16(12-14-17)20(25)24-23-19(15-7-3-1-4-8-15)22-18-9-5-2-6-10-18/h1-14H,(H,22,23)(H,24,25). The maximum Gasteiger partial charge on any atom is 0.269 e. The smallest absolute Gasteiger partial charge is 0.269 e. The minimum atomic E-state index is -0.270. The van der Waals surface area contributed by atoms with Crippen LogP contribution in [0.1, 0.15) is 15.9 Å². The summed E-state index contributed by atoms with van der Waals surface area (Å²) >= 11 is 5.85. The van der Waals surface area contributed by atoms with Crippen molar-refractivity contribution in [3.63, 3.8) is 0 Å². The Bertz CT molecular complexity index is 862. The van der Waals surface area contributed by atoms with E-state index < -0.39 is 0 Å². The molecule has 0 aromatic heterocycles. The van der Waals surface area contributed by atoms with Gasteiger partial charge >= 0.3 is 0 Å². The molecule has 4 nitrogen and oxygen atoms in total. The van der Waals surface area contributed by atoms with Crippen molar-refractivity contribution in [2.24, 2.45) is 4.99 Å². The zero-order valence-electron chi connectivity index (χ0n) is 13.3. The molecular weight excluding hydrogens is 334 g/mol. The van der Waals surface area contributed by atoms with Crippen molar-refractivity contribution in [1.82, 2.24) is 10.9 Å². The van der Waals surface area contributed by atoms with Gasteiger partial charge in [0.15, 0.2) is 5.84 Å². The maximum absolute atomic E-state index is 12.3. The number of hydrogen-bond acceptors (Lipinski definition) is 2. The summed E-state index contributed by atoms with van der Waals surface area (Å²) in [5.41, 5.74) is 7.74. The lowest BCUT2D eigenvalue weighted by atomic mass is 10.2. The first-order valence-electron chi connectivity index (χ1n) is 7.73. The summed E-state index contributed by atoms with van der Waals surface area (Å²) in [6, 6.07) is 25.8. The Morgan fingerprint density at radius 3 is 1.96 bits per heavy atom. The first-order valence-corrected chi connectivity index (χ1v) is 8.11. The molecule has 0 heterocycles. The van der Waals surface area contributed by atoms with Crippen molar-refractivity contribution >= 4 is 29.0 Å². The molecule has 0 aliphatic rings. The number of carbonyl (C=O) groups is 1. The lowest BCUT2D eigenvalue weighted by molar-refractivity contribution is 0.0944. The van der Waals surface area contributed by atoms with Gasteiger partial charge in [-0.05, 0) is 36.4 Å². The van der Waals surface area contributed by atoms with Gasteiger partial charge in [-0.1, -0.05) is 60.1 Å². The number of para-hydroxylation sites is 1. The van der Waals surface area contributed by atoms with Crippen molar-refractivity contribution in [2.45, 2.75) is 0 Å². The third-order valence-electron chi connectivity index (χ3n) is 3.45. The number of nitrogens with one attached hydrogen (secondary N) is 2. The average Bonchev–Trinajstić information content (AvgIpc) is 2.67. The molecule has 3 aromatic carbocycles. The van der Waals surface area contributed by atoms with Gasteiger partial charge in [0.2, 0.25) is 0 Å². The van der Waals surface area contributed by atoms with E-state index >= 15 is 0 Å². The molecule has 0 unspecified atom stereocenters. The van der Waals surface area contributed by atoms with Gasteiger partial charge in [0.05, 0.1) is 5.69 Å². The molecule has 0 bridgehead atoms. The highest BCUT2D eigenvalue weighted by molar-refractivity contribution is 6.30. The van der Waals surface area contributed by atoms with Gasteiger partial charge in [0, 0.05) is 16.1 Å². The van der Waals surface area contributed by atoms with Crippen molar-refractivity contribution < 1.29 is 4.79 Å². The van der Waals surface area contributed by atoms with Crippen LogP contribution in [0.15, 0.2) is 89.9 Å². The van der Waals surface area contributed by atoms with Crippen molar-refractivity contribution in [1.29, 1.82) is 0 Å². The molecule has 124 valence electrons. The highest BCUT2D eigenvalue weighted by Gasteiger charge is 2.08. The largest absolute Gasteiger partial charge is 0.281 e. The molecule has 3 aromatic rings. The van der Waals surface area contributed by atoms with Gasteiger partial charge in [0.1, 0.15) is 0 Å². The number of carbonyl (C=O) groups excluding carboxylic acids is 1. The Labute approximate surface area is 151 Å². The van der Waals surface area contributed by atoms with Crippen molar-refractivity contribution in [3.05, 3.63) is 101 Å². The molecule has 0 aliphatic heterocycles. The van der Waals surface area contributed by atoms with Crippen LogP contribution in [0.3, 0.4) is 0 Å². The molecule has 0 spiro atoms. The van der Waals surface area contributed by atoms with Crippen LogP contribution >= 0.6 is 11.6 Å². The van der Waals surface area contributed by atoms with Gasteiger partial charge in [-0.2, -0.15) is 0 Å². The Morgan fingerprint density at radius 2 is 1.32 bits per heavy atom. The second kappa shape index (κ2) is 8.13. The van der Waals surface area contributed by atoms with Crippen LogP contribution in [0.25, 0.3) is 0 Å². The van der Waals surface area contributed by atoms with Crippen LogP contribution in [-0.4, -0.2) is 11.7 Å². The van der Waals surface area contributed by atoms with Crippen molar-refractivity contribution in [2.75, 3.05) is 0 Å². The molecule has 0 saturated carbocycles. The highest BCUT2D eigenvalue weighted by atomic mass is 35.5. The maximum atomic E-state index is 12.3. The van der Waals surface area contributed by atoms with E-state index in [1.165, 1.54) is 0 Å². The summed E-state index contributed by atoms with van der Waals surface area (Å²) in [5, 5.41) is 0.583. The number of halogens is 1. The van der Waals surface area contributed by atoms with E-state index in [0.717, 1.165) is 11.3 Å². The van der Waals surface area contributed by atoms with E-state index in [1.807, 2.05) is 60.7 Å². The fourth-order valence-corrected chi connectivity index (χ4v) is 2.31. The lowest BCUT2D eigenvalue weighted by Gasteiger charge is -2.12. The van der Waals surface area contributed by atoms with Crippen LogP contribution in [0.2, 0.25) is 5.02 Å². The topological polar surface area (TPSA) is 53.5 Å². The molecule has 3 rings (SSSR count). The minimum Gasteiger partial charge on any atom is -0.281 e. The van der Waals surface area contributed by atoms with E-state index in [-0.39, 0.29) is 5.91 Å². The minimum absolute atomic E-state index is 0.270. The molecule has 1 amide bonds. The fourth-order valence-electron chi connectivity index (χ4n) is 2.18. The number of amidine groups is 1. The first kappa shape index (κ1) is 16.7. The van der Waals surface area contributed by atoms with Gasteiger partial charge in [-0.3, -0.25) is 15.6 Å². The summed E-state index contributed by atoms with van der Waals surface area (Å²) in [6.45, 7) is 0. The summed E-state index contributed by atoms with van der Waals surface area (Å²) in [5.74, 6) is 0.280. The molecule has 0 aliphatic carbocycles. The Balaban J connectivity index is 1.80. The molecule has 0 radical (unpaired) electrons. The second-order valence-electron chi connectivity index (χ2n) is 5.25. The van der Waals surface area contributed by atoms with E-state index in [1.54, 1.807) is 24.3 Å². The number of amides is 1. The SMILES string of the molecule is O=C(NNC(=Nc1ccccc1)c1ccccc1)c1ccc(Cl)cc1. The van der Waals surface area contributed by atoms with E-state index in [4.69, 9.17) is 11.6 Å². The number of rotatable bonds is 3. The fraction of sp³-hybridized carbons (Fsp3) is 0. The Hall–Kier alpha value is -3.11. The monoisotopic (exact) mass is 349 g/mol. The number of aliphatic imine (C=N–C) groups is 1. The molecule has 25 heavy (non-hydrogen) atoms. The van der Waals surface area contributed by atoms with Gasteiger partial charge in [-0.25, -0.2) is 4.99 Å². The molecule has 0 saturated heterocycles. The zero-order chi connectivity index (χ0) is 17.5. The van der Waals surface area contributed by atoms with Crippen LogP contribution in [0.5, 0.6) is 0 Å². The average molecular weight is 350 g/mol. The number of hydrogen-bond donors (Lipinski definition) is 2. The third-order valence-corrected chi connectivity index (χ3v) is 3.70. The van der Waals surface area contributed by atoms with Crippen LogP contribution in [0, 0.1) is 0 Å². The van der Waals surface area contributed by atoms with Crippen LogP contribution < -0.4 is 10.9 Å². The van der Waals surface area contributed by atoms with Crippen molar-refractivity contribution in [3.8, 4) is 0 Å². The normalized spacial score (nSPS) is 11.0. The summed E-state index contributed by atoms with van der Waals surface area (Å²) in [7, 11) is 0. The highest BCUT2D eigenvalue weighted by Crippen LogP contribution is 2.12. The van der Waals surface area contributed by atoms with E-state index in [2.05, 4.69) is 15.8 Å². The number of hydrazine groups is 1. The van der Waals surface area contributed by atoms with Gasteiger partial charge < -0.3 is 0 Å². The lowest BCUT2D eigenvalue weighted by Crippen LogP contribution is -2.42. The summed E-state index contributed by atoms with van der Waals surface area (Å²) in [4.78, 5) is 16.9. The van der Waals surface area contributed by atoms with Gasteiger partial charge in [0.25, 0.3) is 5.91 Å². The first-order chi connectivity index (χ1) is 12.2. The summed E-state index contributed by atoms with van der Waals surface area (Å²) in [6.07, 6.45) is 0. The number of benzene rings is 3. The number of nitrogens with zero attached hydrogens (tertiary/aromatic N) is 1. The zero-order valence-corrected chi connectivity index (χ0v) is 14.1. The molecule has 0 atom stereocenters. The van der Waals surface area contributed by atoms with Gasteiger partial charge in [-0.15, -0.1) is 0 Å². The molecule has 0 fully saturated rings. The predicted octanol–water partition coefficient (Wildman–Crippen LogP) is 4.35. The third kappa shape index (κ3) is 4.68. The van der Waals surface area contributed by atoms with E-state index in [0.29, 0.717) is 16.4 Å². The van der Waals surface area contributed by atoms with Crippen LogP contribution in [-0.2, 0) is 0 Å². The quantitative estimate of drug-likeness (QED) is 0.419. The summed E-state index contributed by atoms with van der Waals surface area (Å²) < 4.78 is 0. The molecular formula is C20H16ClN3O. The van der Waals surface area contributed by atoms with Crippen LogP contribution in [0.4, 0.5) is 5.69 Å². The molecule has 5 heteroatoms. The van der Waals surface area contributed by atoms with E-state index in [9.17, 15) is 4.79 Å². The Kier molecular flexibility index (Phi) is 5.44.